The predicted octanol–water partition coefficient (Wildman–Crippen LogP) is 3.34. The molecule has 7 heteroatoms. The summed E-state index contributed by atoms with van der Waals surface area (Å²) in [4.78, 5) is 23.0. The van der Waals surface area contributed by atoms with Crippen molar-refractivity contribution in [3.8, 4) is 0 Å². The average molecular weight is 390 g/mol. The number of halogens is 1. The maximum atomic E-state index is 12.3. The lowest BCUT2D eigenvalue weighted by Crippen LogP contribution is -2.49. The van der Waals surface area contributed by atoms with Crippen LogP contribution in [0.5, 0.6) is 0 Å². The fourth-order valence-corrected chi connectivity index (χ4v) is 3.32. The van der Waals surface area contributed by atoms with E-state index in [0.29, 0.717) is 5.95 Å². The number of piperidine rings is 1. The van der Waals surface area contributed by atoms with Gasteiger partial charge in [0.05, 0.1) is 0 Å². The molecule has 0 aliphatic carbocycles. The minimum atomic E-state index is -0.179. The van der Waals surface area contributed by atoms with Crippen LogP contribution in [0.4, 0.5) is 16.4 Å². The summed E-state index contributed by atoms with van der Waals surface area (Å²) in [6, 6.07) is 7.49. The molecule has 2 heterocycles. The van der Waals surface area contributed by atoms with E-state index in [1.165, 1.54) is 0 Å². The van der Waals surface area contributed by atoms with Crippen LogP contribution in [0, 0.1) is 6.92 Å². The van der Waals surface area contributed by atoms with Crippen LogP contribution in [0.3, 0.4) is 0 Å². The average Bonchev–Trinajstić information content (AvgIpc) is 2.58. The minimum absolute atomic E-state index is 0.0818. The number of anilines is 2. The van der Waals surface area contributed by atoms with Gasteiger partial charge in [-0.3, -0.25) is 0 Å². The monoisotopic (exact) mass is 389 g/mol. The predicted molar refractivity (Wildman–Crippen MR) is 98.3 cm³/mol. The summed E-state index contributed by atoms with van der Waals surface area (Å²) in [6.07, 6.45) is 5.43. The molecule has 1 aliphatic heterocycles. The second-order valence-corrected chi connectivity index (χ2v) is 6.81. The van der Waals surface area contributed by atoms with Gasteiger partial charge in [0.1, 0.15) is 0 Å². The number of benzene rings is 1. The van der Waals surface area contributed by atoms with Crippen LogP contribution in [0.2, 0.25) is 0 Å². The van der Waals surface area contributed by atoms with Gasteiger partial charge in [0.2, 0.25) is 5.95 Å². The van der Waals surface area contributed by atoms with Crippen molar-refractivity contribution in [2.24, 2.45) is 0 Å². The lowest BCUT2D eigenvalue weighted by Gasteiger charge is -2.33. The van der Waals surface area contributed by atoms with E-state index in [-0.39, 0.29) is 12.1 Å². The van der Waals surface area contributed by atoms with Crippen molar-refractivity contribution < 1.29 is 4.79 Å². The van der Waals surface area contributed by atoms with Crippen LogP contribution >= 0.6 is 15.9 Å². The molecular weight excluding hydrogens is 370 g/mol. The Morgan fingerprint density at radius 1 is 1.33 bits per heavy atom. The molecule has 2 amide bonds. The second kappa shape index (κ2) is 7.61. The molecule has 1 saturated heterocycles. The van der Waals surface area contributed by atoms with E-state index in [0.717, 1.165) is 41.7 Å². The van der Waals surface area contributed by atoms with Crippen LogP contribution in [0.1, 0.15) is 18.4 Å². The number of amides is 2. The van der Waals surface area contributed by atoms with E-state index >= 15 is 0 Å². The number of rotatable bonds is 3. The third-order valence-corrected chi connectivity index (χ3v) is 4.52. The Balaban J connectivity index is 1.58. The Labute approximate surface area is 149 Å². The molecule has 0 saturated carbocycles. The summed E-state index contributed by atoms with van der Waals surface area (Å²) in [5, 5.41) is 5.97. The van der Waals surface area contributed by atoms with Crippen molar-refractivity contribution in [2.45, 2.75) is 25.8 Å². The third kappa shape index (κ3) is 4.23. The number of nitrogens with one attached hydrogen (secondary N) is 2. The first-order valence-electron chi connectivity index (χ1n) is 7.97. The summed E-state index contributed by atoms with van der Waals surface area (Å²) in [5.74, 6) is 0.716. The molecule has 126 valence electrons. The lowest BCUT2D eigenvalue weighted by molar-refractivity contribution is 0.246. The van der Waals surface area contributed by atoms with E-state index in [9.17, 15) is 4.79 Å². The maximum absolute atomic E-state index is 12.3. The van der Waals surface area contributed by atoms with Gasteiger partial charge in [-0.25, -0.2) is 14.8 Å². The zero-order valence-corrected chi connectivity index (χ0v) is 15.1. The number of aromatic nitrogens is 2. The van der Waals surface area contributed by atoms with Crippen LogP contribution in [-0.4, -0.2) is 35.1 Å². The Bertz CT molecular complexity index is 709. The van der Waals surface area contributed by atoms with E-state index in [1.54, 1.807) is 18.5 Å². The van der Waals surface area contributed by atoms with Crippen LogP contribution in [0.15, 0.2) is 41.1 Å². The Hall–Kier alpha value is -2.15. The van der Waals surface area contributed by atoms with Crippen molar-refractivity contribution in [1.82, 2.24) is 15.3 Å². The van der Waals surface area contributed by atoms with E-state index in [4.69, 9.17) is 0 Å². The zero-order valence-electron chi connectivity index (χ0n) is 13.5. The number of hydrogen-bond donors (Lipinski definition) is 2. The highest BCUT2D eigenvalue weighted by Gasteiger charge is 2.23. The van der Waals surface area contributed by atoms with Crippen LogP contribution in [-0.2, 0) is 0 Å². The van der Waals surface area contributed by atoms with Crippen molar-refractivity contribution in [1.29, 1.82) is 0 Å². The smallest absolute Gasteiger partial charge is 0.319 e. The molecule has 1 aromatic heterocycles. The lowest BCUT2D eigenvalue weighted by atomic mass is 10.1. The molecule has 24 heavy (non-hydrogen) atoms. The number of urea groups is 1. The van der Waals surface area contributed by atoms with Gasteiger partial charge in [0, 0.05) is 41.7 Å². The van der Waals surface area contributed by atoms with Crippen LogP contribution < -0.4 is 15.5 Å². The number of nitrogens with zero attached hydrogens (tertiary/aromatic N) is 3. The molecule has 3 rings (SSSR count). The van der Waals surface area contributed by atoms with E-state index in [1.807, 2.05) is 25.1 Å². The van der Waals surface area contributed by atoms with Crippen molar-refractivity contribution >= 4 is 33.6 Å². The molecule has 0 spiro atoms. The van der Waals surface area contributed by atoms with Gasteiger partial charge in [0.15, 0.2) is 0 Å². The number of hydrogen-bond acceptors (Lipinski definition) is 4. The summed E-state index contributed by atoms with van der Waals surface area (Å²) >= 11 is 3.43. The molecule has 0 bridgehead atoms. The first-order valence-corrected chi connectivity index (χ1v) is 8.77. The molecule has 1 fully saturated rings. The van der Waals surface area contributed by atoms with Crippen molar-refractivity contribution in [3.63, 3.8) is 0 Å². The van der Waals surface area contributed by atoms with Gasteiger partial charge < -0.3 is 15.5 Å². The molecule has 1 aromatic carbocycles. The van der Waals surface area contributed by atoms with Gasteiger partial charge >= 0.3 is 6.03 Å². The van der Waals surface area contributed by atoms with Crippen molar-refractivity contribution in [3.05, 3.63) is 46.7 Å². The number of carbonyl (C=O) groups excluding carboxylic acids is 1. The summed E-state index contributed by atoms with van der Waals surface area (Å²) < 4.78 is 0.997. The quantitative estimate of drug-likeness (QED) is 0.844. The Kier molecular flexibility index (Phi) is 5.30. The van der Waals surface area contributed by atoms with Gasteiger partial charge in [-0.05, 0) is 49.6 Å². The van der Waals surface area contributed by atoms with Gasteiger partial charge in [0.25, 0.3) is 0 Å². The maximum Gasteiger partial charge on any atom is 0.319 e. The van der Waals surface area contributed by atoms with Crippen molar-refractivity contribution in [2.75, 3.05) is 23.3 Å². The molecule has 0 radical (unpaired) electrons. The summed E-state index contributed by atoms with van der Waals surface area (Å²) in [6.45, 7) is 3.60. The van der Waals surface area contributed by atoms with Gasteiger partial charge in [-0.2, -0.15) is 0 Å². The SMILES string of the molecule is Cc1cc(Br)ccc1NC(=O)NC1CCCN(c2ncccn2)C1. The van der Waals surface area contributed by atoms with Gasteiger partial charge in [-0.15, -0.1) is 0 Å². The summed E-state index contributed by atoms with van der Waals surface area (Å²) in [5.41, 5.74) is 1.83. The highest BCUT2D eigenvalue weighted by atomic mass is 79.9. The standard InChI is InChI=1S/C17H20BrN5O/c1-12-10-13(18)5-6-15(12)22-17(24)21-14-4-2-9-23(11-14)16-19-7-3-8-20-16/h3,5-8,10,14H,2,4,9,11H2,1H3,(H2,21,22,24). The molecule has 1 atom stereocenters. The molecular formula is C17H20BrN5O. The first-order chi connectivity index (χ1) is 11.6. The highest BCUT2D eigenvalue weighted by Crippen LogP contribution is 2.20. The van der Waals surface area contributed by atoms with E-state index < -0.39 is 0 Å². The Morgan fingerprint density at radius 2 is 2.12 bits per heavy atom. The normalized spacial score (nSPS) is 17.4. The second-order valence-electron chi connectivity index (χ2n) is 5.89. The van der Waals surface area contributed by atoms with Crippen LogP contribution in [0.25, 0.3) is 0 Å². The number of aryl methyl sites for hydroxylation is 1. The first kappa shape index (κ1) is 16.7. The number of carbonyl (C=O) groups is 1. The van der Waals surface area contributed by atoms with E-state index in [2.05, 4.69) is 41.4 Å². The largest absolute Gasteiger partial charge is 0.339 e. The topological polar surface area (TPSA) is 70.2 Å². The minimum Gasteiger partial charge on any atom is -0.339 e. The summed E-state index contributed by atoms with van der Waals surface area (Å²) in [7, 11) is 0. The molecule has 2 N–H and O–H groups in total. The van der Waals surface area contributed by atoms with Gasteiger partial charge in [-0.1, -0.05) is 15.9 Å². The molecule has 1 aliphatic rings. The molecule has 1 unspecified atom stereocenters. The fraction of sp³-hybridized carbons (Fsp3) is 0.353. The fourth-order valence-electron chi connectivity index (χ4n) is 2.84. The molecule has 2 aromatic rings. The zero-order chi connectivity index (χ0) is 16.9. The Morgan fingerprint density at radius 3 is 2.88 bits per heavy atom. The third-order valence-electron chi connectivity index (χ3n) is 4.03. The highest BCUT2D eigenvalue weighted by molar-refractivity contribution is 9.10. The molecule has 6 nitrogen and oxygen atoms in total.